The summed E-state index contributed by atoms with van der Waals surface area (Å²) in [4.78, 5) is 65.3. The van der Waals surface area contributed by atoms with Gasteiger partial charge < -0.3 is 40.2 Å². The van der Waals surface area contributed by atoms with Crippen molar-refractivity contribution >= 4 is 29.8 Å². The Morgan fingerprint density at radius 3 is 1.98 bits per heavy atom. The van der Waals surface area contributed by atoms with Gasteiger partial charge in [0.05, 0.1) is 50.8 Å². The van der Waals surface area contributed by atoms with Crippen LogP contribution in [0.1, 0.15) is 63.0 Å². The fraction of sp³-hybridized carbons (Fsp3) is 0.474. The zero-order chi connectivity index (χ0) is 39.4. The van der Waals surface area contributed by atoms with E-state index in [9.17, 15) is 32.3 Å². The Balaban J connectivity index is 1.07. The number of alkyl carbamates (subject to hydrolysis) is 2. The van der Waals surface area contributed by atoms with E-state index in [1.165, 1.54) is 7.11 Å². The number of halogens is 3. The second kappa shape index (κ2) is 16.4. The number of amides is 4. The molecular formula is C38H45F3N8O6. The molecule has 0 saturated carbocycles. The van der Waals surface area contributed by atoms with Gasteiger partial charge in [0, 0.05) is 13.1 Å². The van der Waals surface area contributed by atoms with Crippen molar-refractivity contribution < 1.29 is 41.8 Å². The lowest BCUT2D eigenvalue weighted by molar-refractivity contribution is -0.175. The predicted octanol–water partition coefficient (Wildman–Crippen LogP) is 5.11. The molecular weight excluding hydrogens is 721 g/mol. The first-order chi connectivity index (χ1) is 26.3. The highest BCUT2D eigenvalue weighted by Crippen LogP contribution is 2.35. The van der Waals surface area contributed by atoms with Crippen molar-refractivity contribution in [2.24, 2.45) is 10.9 Å². The van der Waals surface area contributed by atoms with Crippen LogP contribution in [0, 0.1) is 5.92 Å². The molecule has 0 radical (unpaired) electrons. The van der Waals surface area contributed by atoms with Crippen molar-refractivity contribution in [3.05, 3.63) is 66.1 Å². The molecule has 2 aromatic carbocycles. The smallest absolute Gasteiger partial charge is 0.417 e. The van der Waals surface area contributed by atoms with E-state index in [1.807, 2.05) is 62.4 Å². The Morgan fingerprint density at radius 1 is 0.818 bits per heavy atom. The van der Waals surface area contributed by atoms with E-state index in [4.69, 9.17) is 9.73 Å². The standard InChI is InChI=1S/C38H45F3N8O6/c1-21(2)30(46-36(52)54-3)34(50)48-17-5-7-28(48)32-42-19-26(44-32)24-13-9-22(10-14-24)23-11-15-25(16-12-23)27-20-43-33(45-27)29-8-6-18-49(29)35(51)31(38(39,40)41)47-37(53)55-4/h9-16,20-21,26,28-31H,5-8,17-19H2,1-4H3,(H,42,44)(H,43,45)(H,46,52)(H,47,53)/t26?,28-,29-,30-,31?/m0/s1. The third kappa shape index (κ3) is 8.55. The van der Waals surface area contributed by atoms with Crippen LogP contribution in [0.5, 0.6) is 0 Å². The van der Waals surface area contributed by atoms with Crippen molar-refractivity contribution in [3.8, 4) is 22.4 Å². The first-order valence-corrected chi connectivity index (χ1v) is 18.2. The molecule has 3 aromatic rings. The normalized spacial score (nSPS) is 20.8. The summed E-state index contributed by atoms with van der Waals surface area (Å²) >= 11 is 0. The number of methoxy groups -OCH3 is 2. The number of likely N-dealkylation sites (tertiary alicyclic amines) is 2. The van der Waals surface area contributed by atoms with E-state index in [1.54, 1.807) is 16.4 Å². The minimum Gasteiger partial charge on any atom is -0.453 e. The molecule has 4 N–H and O–H groups in total. The zero-order valence-corrected chi connectivity index (χ0v) is 31.0. The van der Waals surface area contributed by atoms with Gasteiger partial charge >= 0.3 is 18.4 Å². The lowest BCUT2D eigenvalue weighted by Gasteiger charge is -2.31. The van der Waals surface area contributed by atoms with Gasteiger partial charge in [-0.3, -0.25) is 14.6 Å². The number of amidine groups is 1. The number of alkyl halides is 3. The Hall–Kier alpha value is -5.61. The van der Waals surface area contributed by atoms with Crippen LogP contribution in [0.3, 0.4) is 0 Å². The maximum absolute atomic E-state index is 13.7. The Bertz CT molecular complexity index is 1900. The monoisotopic (exact) mass is 766 g/mol. The molecule has 0 aliphatic carbocycles. The topological polar surface area (TPSA) is 170 Å². The number of aliphatic imine (C=N–C) groups is 1. The van der Waals surface area contributed by atoms with Crippen molar-refractivity contribution in [2.45, 2.75) is 75.9 Å². The Labute approximate surface area is 316 Å². The van der Waals surface area contributed by atoms with Gasteiger partial charge in [-0.2, -0.15) is 13.2 Å². The predicted molar refractivity (Wildman–Crippen MR) is 196 cm³/mol. The lowest BCUT2D eigenvalue weighted by Crippen LogP contribution is -2.55. The van der Waals surface area contributed by atoms with Crippen LogP contribution in [-0.4, -0.2) is 108 Å². The molecule has 3 aliphatic heterocycles. The molecule has 2 unspecified atom stereocenters. The molecule has 4 heterocycles. The van der Waals surface area contributed by atoms with Gasteiger partial charge in [0.1, 0.15) is 17.7 Å². The molecule has 294 valence electrons. The summed E-state index contributed by atoms with van der Waals surface area (Å²) in [7, 11) is 2.20. The molecule has 3 aliphatic rings. The summed E-state index contributed by atoms with van der Waals surface area (Å²) in [5, 5.41) is 7.82. The van der Waals surface area contributed by atoms with Gasteiger partial charge in [0.15, 0.2) is 0 Å². The minimum atomic E-state index is -5.01. The summed E-state index contributed by atoms with van der Waals surface area (Å²) in [5.41, 5.74) is 4.45. The number of nitrogens with one attached hydrogen (secondary N) is 4. The first-order valence-electron chi connectivity index (χ1n) is 18.2. The average Bonchev–Trinajstić information content (AvgIpc) is 4.01. The number of hydrogen-bond acceptors (Lipinski definition) is 9. The average molecular weight is 767 g/mol. The molecule has 14 nitrogen and oxygen atoms in total. The number of hydrogen-bond donors (Lipinski definition) is 4. The molecule has 0 bridgehead atoms. The summed E-state index contributed by atoms with van der Waals surface area (Å²) in [6.45, 7) is 4.97. The van der Waals surface area contributed by atoms with Crippen LogP contribution in [0.2, 0.25) is 0 Å². The van der Waals surface area contributed by atoms with Crippen molar-refractivity contribution in [1.82, 2.24) is 35.7 Å². The van der Waals surface area contributed by atoms with Gasteiger partial charge in [-0.15, -0.1) is 0 Å². The quantitative estimate of drug-likeness (QED) is 0.221. The molecule has 17 heteroatoms. The van der Waals surface area contributed by atoms with Crippen LogP contribution in [0.25, 0.3) is 22.4 Å². The van der Waals surface area contributed by atoms with Crippen molar-refractivity contribution in [3.63, 3.8) is 0 Å². The molecule has 6 rings (SSSR count). The Kier molecular flexibility index (Phi) is 11.7. The number of nitrogens with zero attached hydrogens (tertiary/aromatic N) is 4. The number of aromatic amines is 1. The van der Waals surface area contributed by atoms with E-state index in [0.29, 0.717) is 37.4 Å². The summed E-state index contributed by atoms with van der Waals surface area (Å²) in [6, 6.07) is 11.5. The molecule has 5 atom stereocenters. The minimum absolute atomic E-state index is 0.0535. The third-order valence-electron chi connectivity index (χ3n) is 10.3. The molecule has 4 amide bonds. The highest BCUT2D eigenvalue weighted by Gasteiger charge is 2.50. The lowest BCUT2D eigenvalue weighted by atomic mass is 9.99. The number of ether oxygens (including phenoxy) is 2. The van der Waals surface area contributed by atoms with E-state index in [-0.39, 0.29) is 30.5 Å². The van der Waals surface area contributed by atoms with E-state index in [0.717, 1.165) is 52.9 Å². The number of carbonyl (C=O) groups is 4. The SMILES string of the molecule is COC(=O)NC(C(=O)N1CCC[C@H]1c1ncc(-c2ccc(-c3ccc(C4CN=C([C@@H]5CCCN5C(=O)[C@@H](NC(=O)OC)C(C)C)N4)cc3)cc2)[nH]1)C(F)(F)F. The third-order valence-corrected chi connectivity index (χ3v) is 10.3. The molecule has 2 saturated heterocycles. The van der Waals surface area contributed by atoms with Gasteiger partial charge in [-0.25, -0.2) is 14.6 Å². The number of carbonyl (C=O) groups excluding carboxylic acids is 4. The fourth-order valence-corrected chi connectivity index (χ4v) is 7.39. The summed E-state index contributed by atoms with van der Waals surface area (Å²) in [6.07, 6.45) is -2.91. The summed E-state index contributed by atoms with van der Waals surface area (Å²) in [5.74, 6) is -0.421. The largest absolute Gasteiger partial charge is 0.453 e. The van der Waals surface area contributed by atoms with E-state index < -0.39 is 42.4 Å². The van der Waals surface area contributed by atoms with Gasteiger partial charge in [0.2, 0.25) is 11.9 Å². The Morgan fingerprint density at radius 2 is 1.38 bits per heavy atom. The highest BCUT2D eigenvalue weighted by molar-refractivity contribution is 5.95. The van der Waals surface area contributed by atoms with Crippen LogP contribution < -0.4 is 16.0 Å². The van der Waals surface area contributed by atoms with E-state index in [2.05, 4.69) is 25.3 Å². The van der Waals surface area contributed by atoms with Crippen molar-refractivity contribution in [1.29, 1.82) is 0 Å². The number of imidazole rings is 1. The number of aromatic nitrogens is 2. The van der Waals surface area contributed by atoms with Crippen LogP contribution in [0.15, 0.2) is 59.7 Å². The van der Waals surface area contributed by atoms with Gasteiger partial charge in [-0.05, 0) is 53.9 Å². The fourth-order valence-electron chi connectivity index (χ4n) is 7.39. The zero-order valence-electron chi connectivity index (χ0n) is 31.0. The van der Waals surface area contributed by atoms with E-state index >= 15 is 0 Å². The second-order valence-electron chi connectivity index (χ2n) is 14.2. The number of benzene rings is 2. The van der Waals surface area contributed by atoms with Crippen LogP contribution in [0.4, 0.5) is 22.8 Å². The van der Waals surface area contributed by atoms with Gasteiger partial charge in [0.25, 0.3) is 5.91 Å². The highest BCUT2D eigenvalue weighted by atomic mass is 19.4. The van der Waals surface area contributed by atoms with Crippen LogP contribution >= 0.6 is 0 Å². The molecule has 0 spiro atoms. The van der Waals surface area contributed by atoms with Crippen molar-refractivity contribution in [2.75, 3.05) is 33.9 Å². The maximum Gasteiger partial charge on any atom is 0.417 e. The maximum atomic E-state index is 13.7. The second-order valence-corrected chi connectivity index (χ2v) is 14.2. The van der Waals surface area contributed by atoms with Gasteiger partial charge in [-0.1, -0.05) is 62.4 Å². The molecule has 55 heavy (non-hydrogen) atoms. The van der Waals surface area contributed by atoms with Crippen LogP contribution in [-0.2, 0) is 19.1 Å². The first kappa shape index (κ1) is 39.1. The molecule has 2 fully saturated rings. The number of rotatable bonds is 10. The molecule has 1 aromatic heterocycles. The number of H-pyrrole nitrogens is 1. The summed E-state index contributed by atoms with van der Waals surface area (Å²) < 4.78 is 50.2.